The fourth-order valence-electron chi connectivity index (χ4n) is 1.99. The molecule has 2 aromatic rings. The van der Waals surface area contributed by atoms with Crippen LogP contribution in [0.3, 0.4) is 0 Å². The van der Waals surface area contributed by atoms with Crippen LogP contribution in [0.2, 0.25) is 0 Å². The van der Waals surface area contributed by atoms with E-state index in [1.54, 1.807) is 17.4 Å². The summed E-state index contributed by atoms with van der Waals surface area (Å²) in [6.45, 7) is 0. The van der Waals surface area contributed by atoms with Crippen molar-refractivity contribution < 1.29 is 0 Å². The van der Waals surface area contributed by atoms with Crippen molar-refractivity contribution in [3.63, 3.8) is 0 Å². The van der Waals surface area contributed by atoms with E-state index in [1.807, 2.05) is 17.5 Å². The summed E-state index contributed by atoms with van der Waals surface area (Å²) in [6, 6.07) is 9.73. The second-order valence-electron chi connectivity index (χ2n) is 3.90. The number of thiophene rings is 1. The number of benzene rings is 1. The van der Waals surface area contributed by atoms with Gasteiger partial charge >= 0.3 is 0 Å². The van der Waals surface area contributed by atoms with Crippen molar-refractivity contribution in [2.45, 2.75) is 6.42 Å². The monoisotopic (exact) mass is 239 g/mol. The molecule has 0 saturated heterocycles. The van der Waals surface area contributed by atoms with Gasteiger partial charge in [-0.2, -0.15) is 5.26 Å². The molecule has 0 amide bonds. The summed E-state index contributed by atoms with van der Waals surface area (Å²) in [5.41, 5.74) is 9.75. The van der Waals surface area contributed by atoms with E-state index < -0.39 is 0 Å². The summed E-state index contributed by atoms with van der Waals surface area (Å²) in [5.74, 6) is 0.568. The molecular weight excluding hydrogens is 230 g/mol. The SMILES string of the molecule is N#Cc1ccc2c(c1)Cc1ccsc1C(N)=N2. The summed E-state index contributed by atoms with van der Waals surface area (Å²) in [7, 11) is 0. The molecule has 0 fully saturated rings. The molecule has 4 heteroatoms. The first-order chi connectivity index (χ1) is 8.28. The quantitative estimate of drug-likeness (QED) is 0.768. The topological polar surface area (TPSA) is 62.2 Å². The van der Waals surface area contributed by atoms with Crippen LogP contribution in [0.5, 0.6) is 0 Å². The van der Waals surface area contributed by atoms with Crippen LogP contribution in [0.15, 0.2) is 34.6 Å². The highest BCUT2D eigenvalue weighted by atomic mass is 32.1. The lowest BCUT2D eigenvalue weighted by molar-refractivity contribution is 1.20. The van der Waals surface area contributed by atoms with Crippen molar-refractivity contribution in [2.75, 3.05) is 0 Å². The first-order valence-corrected chi connectivity index (χ1v) is 6.10. The van der Waals surface area contributed by atoms with E-state index in [4.69, 9.17) is 11.0 Å². The van der Waals surface area contributed by atoms with Crippen LogP contribution in [0, 0.1) is 11.3 Å². The number of amidine groups is 1. The van der Waals surface area contributed by atoms with Crippen molar-refractivity contribution >= 4 is 22.9 Å². The van der Waals surface area contributed by atoms with E-state index in [-0.39, 0.29) is 0 Å². The number of hydrogen-bond donors (Lipinski definition) is 1. The molecule has 0 radical (unpaired) electrons. The lowest BCUT2D eigenvalue weighted by Gasteiger charge is -2.02. The smallest absolute Gasteiger partial charge is 0.141 e. The molecule has 0 atom stereocenters. The minimum atomic E-state index is 0.568. The van der Waals surface area contributed by atoms with E-state index in [2.05, 4.69) is 17.1 Å². The van der Waals surface area contributed by atoms with Gasteiger partial charge in [0.25, 0.3) is 0 Å². The van der Waals surface area contributed by atoms with Gasteiger partial charge in [0, 0.05) is 6.42 Å². The summed E-state index contributed by atoms with van der Waals surface area (Å²) >= 11 is 1.61. The Labute approximate surface area is 103 Å². The highest BCUT2D eigenvalue weighted by Crippen LogP contribution is 2.30. The number of nitrogens with zero attached hydrogens (tertiary/aromatic N) is 2. The zero-order chi connectivity index (χ0) is 11.8. The van der Waals surface area contributed by atoms with E-state index in [0.29, 0.717) is 11.4 Å². The molecule has 0 bridgehead atoms. The molecule has 1 aliphatic heterocycles. The van der Waals surface area contributed by atoms with Gasteiger partial charge < -0.3 is 5.73 Å². The first kappa shape index (κ1) is 10.1. The molecule has 0 unspecified atom stereocenters. The molecule has 3 nitrogen and oxygen atoms in total. The van der Waals surface area contributed by atoms with Crippen LogP contribution in [0.25, 0.3) is 0 Å². The number of nitrogens with two attached hydrogens (primary N) is 1. The highest BCUT2D eigenvalue weighted by molar-refractivity contribution is 7.12. The average Bonchev–Trinajstić information content (AvgIpc) is 2.75. The predicted octanol–water partition coefficient (Wildman–Crippen LogP) is 2.56. The van der Waals surface area contributed by atoms with Crippen molar-refractivity contribution in [3.05, 3.63) is 51.2 Å². The van der Waals surface area contributed by atoms with Gasteiger partial charge in [0.15, 0.2) is 0 Å². The van der Waals surface area contributed by atoms with Crippen molar-refractivity contribution in [3.8, 4) is 6.07 Å². The zero-order valence-corrected chi connectivity index (χ0v) is 9.79. The standard InChI is InChI=1S/C13H9N3S/c14-7-8-1-2-11-10(5-8)6-9-3-4-17-12(9)13(15)16-11/h1-5H,6H2,(H2,15,16). The number of nitriles is 1. The van der Waals surface area contributed by atoms with Gasteiger partial charge in [0.2, 0.25) is 0 Å². The Hall–Kier alpha value is -2.12. The Morgan fingerprint density at radius 1 is 1.29 bits per heavy atom. The third kappa shape index (κ3) is 1.61. The van der Waals surface area contributed by atoms with E-state index in [1.165, 1.54) is 5.56 Å². The van der Waals surface area contributed by atoms with Crippen LogP contribution in [-0.4, -0.2) is 5.84 Å². The van der Waals surface area contributed by atoms with Crippen molar-refractivity contribution in [2.24, 2.45) is 10.7 Å². The molecular formula is C13H9N3S. The summed E-state index contributed by atoms with van der Waals surface area (Å²) in [4.78, 5) is 5.47. The third-order valence-electron chi connectivity index (χ3n) is 2.81. The lowest BCUT2D eigenvalue weighted by Crippen LogP contribution is -2.11. The van der Waals surface area contributed by atoms with E-state index >= 15 is 0 Å². The number of fused-ring (bicyclic) bond motifs is 2. The Morgan fingerprint density at radius 2 is 2.18 bits per heavy atom. The molecule has 1 aliphatic rings. The Balaban J connectivity index is 2.22. The average molecular weight is 239 g/mol. The second kappa shape index (κ2) is 3.72. The van der Waals surface area contributed by atoms with Crippen LogP contribution >= 0.6 is 11.3 Å². The van der Waals surface area contributed by atoms with Gasteiger partial charge in [-0.3, -0.25) is 0 Å². The fraction of sp³-hybridized carbons (Fsp3) is 0.0769. The molecule has 0 aliphatic carbocycles. The molecule has 0 spiro atoms. The molecule has 0 saturated carbocycles. The molecule has 2 heterocycles. The Bertz CT molecular complexity index is 662. The molecule has 82 valence electrons. The number of hydrogen-bond acceptors (Lipinski definition) is 4. The minimum absolute atomic E-state index is 0.568. The van der Waals surface area contributed by atoms with Crippen molar-refractivity contribution in [1.29, 1.82) is 5.26 Å². The number of aliphatic imine (C=N–C) groups is 1. The summed E-state index contributed by atoms with van der Waals surface area (Å²) < 4.78 is 0. The molecule has 17 heavy (non-hydrogen) atoms. The first-order valence-electron chi connectivity index (χ1n) is 5.22. The van der Waals surface area contributed by atoms with E-state index in [0.717, 1.165) is 22.5 Å². The predicted molar refractivity (Wildman–Crippen MR) is 68.7 cm³/mol. The number of rotatable bonds is 0. The third-order valence-corrected chi connectivity index (χ3v) is 3.79. The van der Waals surface area contributed by atoms with E-state index in [9.17, 15) is 0 Å². The van der Waals surface area contributed by atoms with Crippen LogP contribution < -0.4 is 5.73 Å². The van der Waals surface area contributed by atoms with Gasteiger partial charge in [0.1, 0.15) is 5.84 Å². The Morgan fingerprint density at radius 3 is 3.00 bits per heavy atom. The minimum Gasteiger partial charge on any atom is -0.382 e. The van der Waals surface area contributed by atoms with Crippen molar-refractivity contribution in [1.82, 2.24) is 0 Å². The molecule has 1 aromatic carbocycles. The maximum Gasteiger partial charge on any atom is 0.141 e. The Kier molecular flexibility index (Phi) is 2.20. The zero-order valence-electron chi connectivity index (χ0n) is 8.97. The fourth-order valence-corrected chi connectivity index (χ4v) is 2.82. The second-order valence-corrected chi connectivity index (χ2v) is 4.82. The lowest BCUT2D eigenvalue weighted by atomic mass is 10.0. The van der Waals surface area contributed by atoms with Crippen LogP contribution in [0.1, 0.15) is 21.6 Å². The van der Waals surface area contributed by atoms with Gasteiger partial charge in [-0.25, -0.2) is 4.99 Å². The summed E-state index contributed by atoms with van der Waals surface area (Å²) in [6.07, 6.45) is 0.786. The van der Waals surface area contributed by atoms with Crippen LogP contribution in [-0.2, 0) is 6.42 Å². The van der Waals surface area contributed by atoms with Gasteiger partial charge in [0.05, 0.1) is 22.2 Å². The van der Waals surface area contributed by atoms with Gasteiger partial charge in [-0.05, 0) is 40.8 Å². The summed E-state index contributed by atoms with van der Waals surface area (Å²) in [5, 5.41) is 10.9. The normalized spacial score (nSPS) is 13.0. The maximum absolute atomic E-state index is 8.91. The van der Waals surface area contributed by atoms with Gasteiger partial charge in [-0.1, -0.05) is 0 Å². The maximum atomic E-state index is 8.91. The largest absolute Gasteiger partial charge is 0.382 e. The van der Waals surface area contributed by atoms with Gasteiger partial charge in [-0.15, -0.1) is 11.3 Å². The molecule has 1 aromatic heterocycles. The molecule has 3 rings (SSSR count). The molecule has 2 N–H and O–H groups in total. The highest BCUT2D eigenvalue weighted by Gasteiger charge is 2.16. The van der Waals surface area contributed by atoms with Crippen LogP contribution in [0.4, 0.5) is 5.69 Å².